The largest absolute Gasteiger partial charge is 0.377 e. The van der Waals surface area contributed by atoms with E-state index < -0.39 is 0 Å². The molecule has 140 valence electrons. The molecule has 2 rings (SSSR count). The number of urea groups is 1. The van der Waals surface area contributed by atoms with Crippen molar-refractivity contribution in [2.24, 2.45) is 0 Å². The molecular weight excluding hydrogens is 371 g/mol. The minimum Gasteiger partial charge on any atom is -0.377 e. The molecule has 1 unspecified atom stereocenters. The fourth-order valence-corrected chi connectivity index (χ4v) is 3.17. The van der Waals surface area contributed by atoms with Crippen LogP contribution >= 0.6 is 23.2 Å². The summed E-state index contributed by atoms with van der Waals surface area (Å²) in [5, 5.41) is 4.08. The number of nitrogens with zero attached hydrogens (tertiary/aromatic N) is 1. The van der Waals surface area contributed by atoms with Crippen molar-refractivity contribution in [3.63, 3.8) is 0 Å². The van der Waals surface area contributed by atoms with Crippen molar-refractivity contribution in [1.82, 2.24) is 10.2 Å². The first-order valence-corrected chi connectivity index (χ1v) is 9.29. The second-order valence-electron chi connectivity index (χ2n) is 6.02. The molecule has 0 saturated heterocycles. The molecule has 0 heterocycles. The zero-order valence-electron chi connectivity index (χ0n) is 15.3. The maximum absolute atomic E-state index is 12.5. The summed E-state index contributed by atoms with van der Waals surface area (Å²) >= 11 is 12.2. The van der Waals surface area contributed by atoms with Gasteiger partial charge in [-0.2, -0.15) is 0 Å². The van der Waals surface area contributed by atoms with Gasteiger partial charge >= 0.3 is 6.03 Å². The summed E-state index contributed by atoms with van der Waals surface area (Å²) in [5.41, 5.74) is 2.97. The van der Waals surface area contributed by atoms with Crippen LogP contribution in [0.3, 0.4) is 0 Å². The fraction of sp³-hybridized carbons (Fsp3) is 0.350. The second kappa shape index (κ2) is 9.81. The molecule has 0 aliphatic rings. The Balaban J connectivity index is 2.01. The fourth-order valence-electron chi connectivity index (χ4n) is 2.60. The third-order valence-corrected chi connectivity index (χ3v) is 4.89. The van der Waals surface area contributed by atoms with Gasteiger partial charge in [-0.3, -0.25) is 0 Å². The van der Waals surface area contributed by atoms with E-state index in [0.717, 1.165) is 16.7 Å². The van der Waals surface area contributed by atoms with Crippen molar-refractivity contribution in [3.8, 4) is 0 Å². The van der Waals surface area contributed by atoms with Crippen LogP contribution in [0.25, 0.3) is 0 Å². The molecule has 2 amide bonds. The molecule has 26 heavy (non-hydrogen) atoms. The van der Waals surface area contributed by atoms with Gasteiger partial charge in [0.25, 0.3) is 0 Å². The van der Waals surface area contributed by atoms with Crippen LogP contribution in [0.2, 0.25) is 10.0 Å². The molecule has 1 atom stereocenters. The highest BCUT2D eigenvalue weighted by Crippen LogP contribution is 2.29. The topological polar surface area (TPSA) is 41.6 Å². The Bertz CT molecular complexity index is 752. The number of carbonyl (C=O) groups is 1. The summed E-state index contributed by atoms with van der Waals surface area (Å²) in [5.74, 6) is 0. The Morgan fingerprint density at radius 1 is 1.19 bits per heavy atom. The third kappa shape index (κ3) is 5.37. The molecule has 0 aliphatic carbocycles. The van der Waals surface area contributed by atoms with E-state index in [0.29, 0.717) is 29.8 Å². The van der Waals surface area contributed by atoms with Crippen LogP contribution in [-0.4, -0.2) is 24.6 Å². The Morgan fingerprint density at radius 3 is 2.54 bits per heavy atom. The molecule has 2 aromatic rings. The molecule has 2 aromatic carbocycles. The molecule has 0 saturated carbocycles. The van der Waals surface area contributed by atoms with E-state index in [1.807, 2.05) is 44.2 Å². The van der Waals surface area contributed by atoms with E-state index in [-0.39, 0.29) is 12.1 Å². The molecular formula is C20H24Cl2N2O2. The highest BCUT2D eigenvalue weighted by molar-refractivity contribution is 6.35. The van der Waals surface area contributed by atoms with Crippen molar-refractivity contribution < 1.29 is 9.53 Å². The van der Waals surface area contributed by atoms with Crippen molar-refractivity contribution >= 4 is 29.2 Å². The number of carbonyl (C=O) groups excluding carboxylic acids is 1. The molecule has 0 aliphatic heterocycles. The number of halogens is 2. The lowest BCUT2D eigenvalue weighted by Gasteiger charge is -2.26. The van der Waals surface area contributed by atoms with Crippen molar-refractivity contribution in [2.75, 3.05) is 13.7 Å². The molecule has 0 radical (unpaired) electrons. The number of amides is 2. The lowest BCUT2D eigenvalue weighted by atomic mass is 10.1. The molecule has 0 spiro atoms. The van der Waals surface area contributed by atoms with Gasteiger partial charge in [0.15, 0.2) is 0 Å². The zero-order valence-corrected chi connectivity index (χ0v) is 16.8. The van der Waals surface area contributed by atoms with E-state index in [9.17, 15) is 4.79 Å². The lowest BCUT2D eigenvalue weighted by molar-refractivity contribution is 0.133. The van der Waals surface area contributed by atoms with Crippen LogP contribution in [0.4, 0.5) is 4.79 Å². The molecule has 0 bridgehead atoms. The van der Waals surface area contributed by atoms with Gasteiger partial charge in [-0.25, -0.2) is 4.79 Å². The number of hydrogen-bond acceptors (Lipinski definition) is 2. The van der Waals surface area contributed by atoms with Gasteiger partial charge in [0, 0.05) is 30.2 Å². The smallest absolute Gasteiger partial charge is 0.317 e. The van der Waals surface area contributed by atoms with Crippen LogP contribution < -0.4 is 5.32 Å². The SMILES string of the molecule is CCOCc1ccccc1CNC(=O)N(C)C(C)c1ccc(Cl)cc1Cl. The zero-order chi connectivity index (χ0) is 19.1. The quantitative estimate of drug-likeness (QED) is 0.679. The van der Waals surface area contributed by atoms with E-state index in [1.54, 1.807) is 24.1 Å². The first-order valence-electron chi connectivity index (χ1n) is 8.54. The van der Waals surface area contributed by atoms with Crippen molar-refractivity contribution in [2.45, 2.75) is 33.0 Å². The average Bonchev–Trinajstić information content (AvgIpc) is 2.64. The van der Waals surface area contributed by atoms with Crippen LogP contribution in [-0.2, 0) is 17.9 Å². The van der Waals surface area contributed by atoms with Gasteiger partial charge in [0.2, 0.25) is 0 Å². The first-order chi connectivity index (χ1) is 12.4. The van der Waals surface area contributed by atoms with Crippen molar-refractivity contribution in [1.29, 1.82) is 0 Å². The Labute approximate surface area is 165 Å². The van der Waals surface area contributed by atoms with Gasteiger partial charge in [0.1, 0.15) is 0 Å². The van der Waals surface area contributed by atoms with Gasteiger partial charge < -0.3 is 15.0 Å². The summed E-state index contributed by atoms with van der Waals surface area (Å²) in [6.07, 6.45) is 0. The van der Waals surface area contributed by atoms with Crippen LogP contribution in [0.1, 0.15) is 36.6 Å². The van der Waals surface area contributed by atoms with Crippen LogP contribution in [0, 0.1) is 0 Å². The number of ether oxygens (including phenoxy) is 1. The predicted molar refractivity (Wildman–Crippen MR) is 107 cm³/mol. The summed E-state index contributed by atoms with van der Waals surface area (Å²) in [4.78, 5) is 14.2. The van der Waals surface area contributed by atoms with E-state index in [1.165, 1.54) is 0 Å². The highest BCUT2D eigenvalue weighted by atomic mass is 35.5. The summed E-state index contributed by atoms with van der Waals surface area (Å²) < 4.78 is 5.48. The average molecular weight is 395 g/mol. The van der Waals surface area contributed by atoms with Gasteiger partial charge in [-0.05, 0) is 42.7 Å². The molecule has 0 aromatic heterocycles. The number of rotatable bonds is 7. The van der Waals surface area contributed by atoms with E-state index in [2.05, 4.69) is 5.32 Å². The number of benzene rings is 2. The third-order valence-electron chi connectivity index (χ3n) is 4.32. The monoisotopic (exact) mass is 394 g/mol. The molecule has 0 fully saturated rings. The van der Waals surface area contributed by atoms with Gasteiger partial charge in [-0.15, -0.1) is 0 Å². The van der Waals surface area contributed by atoms with Crippen LogP contribution in [0.5, 0.6) is 0 Å². The molecule has 6 heteroatoms. The highest BCUT2D eigenvalue weighted by Gasteiger charge is 2.19. The minimum atomic E-state index is -0.182. The van der Waals surface area contributed by atoms with Crippen molar-refractivity contribution in [3.05, 3.63) is 69.2 Å². The first kappa shape index (κ1) is 20.6. The maximum atomic E-state index is 12.5. The number of nitrogens with one attached hydrogen (secondary N) is 1. The minimum absolute atomic E-state index is 0.172. The van der Waals surface area contributed by atoms with Gasteiger partial charge in [-0.1, -0.05) is 53.5 Å². The van der Waals surface area contributed by atoms with Gasteiger partial charge in [0.05, 0.1) is 12.6 Å². The Kier molecular flexibility index (Phi) is 7.76. The Morgan fingerprint density at radius 2 is 1.88 bits per heavy atom. The number of hydrogen-bond donors (Lipinski definition) is 1. The van der Waals surface area contributed by atoms with E-state index in [4.69, 9.17) is 27.9 Å². The summed E-state index contributed by atoms with van der Waals surface area (Å²) in [6, 6.07) is 12.9. The van der Waals surface area contributed by atoms with Crippen LogP contribution in [0.15, 0.2) is 42.5 Å². The second-order valence-corrected chi connectivity index (χ2v) is 6.86. The Hall–Kier alpha value is -1.75. The summed E-state index contributed by atoms with van der Waals surface area (Å²) in [7, 11) is 1.75. The standard InChI is InChI=1S/C20H24Cl2N2O2/c1-4-26-13-16-8-6-5-7-15(16)12-23-20(25)24(3)14(2)18-10-9-17(21)11-19(18)22/h5-11,14H,4,12-13H2,1-3H3,(H,23,25). The van der Waals surface area contributed by atoms with E-state index >= 15 is 0 Å². The predicted octanol–water partition coefficient (Wildman–Crippen LogP) is 5.43. The normalized spacial score (nSPS) is 11.9. The lowest BCUT2D eigenvalue weighted by Crippen LogP contribution is -2.38. The maximum Gasteiger partial charge on any atom is 0.317 e. The summed E-state index contributed by atoms with van der Waals surface area (Å²) in [6.45, 7) is 5.52. The molecule has 1 N–H and O–H groups in total. The molecule has 4 nitrogen and oxygen atoms in total.